The van der Waals surface area contributed by atoms with Crippen molar-refractivity contribution in [1.82, 2.24) is 0 Å². The van der Waals surface area contributed by atoms with Crippen molar-refractivity contribution < 1.29 is 13.9 Å². The Hall–Kier alpha value is -4.38. The Bertz CT molecular complexity index is 1480. The van der Waals surface area contributed by atoms with E-state index in [0.717, 1.165) is 22.0 Å². The molecule has 5 heteroatoms. The molecule has 0 bridgehead atoms. The fourth-order valence-electron chi connectivity index (χ4n) is 3.64. The number of rotatable bonds is 5. The van der Waals surface area contributed by atoms with Crippen LogP contribution in [0.1, 0.15) is 0 Å². The first-order valence-corrected chi connectivity index (χ1v) is 10.2. The second-order valence-electron chi connectivity index (χ2n) is 7.36. The summed E-state index contributed by atoms with van der Waals surface area (Å²) in [5, 5.41) is 5.29. The SMILES string of the molecule is O=C(COc1ccc2oc(-c3ccccc3)cc(=O)c2c1)Nc1cccc2ccccc12. The van der Waals surface area contributed by atoms with Gasteiger partial charge < -0.3 is 14.5 Å². The standard InChI is InChI=1S/C27H19NO4/c29-24-16-26(19-8-2-1-3-9-19)32-25-14-13-20(15-22(24)25)31-17-27(30)28-23-12-6-10-18-7-4-5-11-21(18)23/h1-16H,17H2,(H,28,30). The first-order valence-electron chi connectivity index (χ1n) is 10.2. The molecule has 0 atom stereocenters. The van der Waals surface area contributed by atoms with Crippen molar-refractivity contribution in [2.45, 2.75) is 0 Å². The molecule has 1 heterocycles. The Morgan fingerprint density at radius 1 is 0.812 bits per heavy atom. The number of anilines is 1. The lowest BCUT2D eigenvalue weighted by Crippen LogP contribution is -2.20. The molecule has 0 aliphatic rings. The first-order chi connectivity index (χ1) is 15.7. The average Bonchev–Trinajstić information content (AvgIpc) is 2.83. The zero-order valence-electron chi connectivity index (χ0n) is 17.1. The lowest BCUT2D eigenvalue weighted by Gasteiger charge is -2.10. The van der Waals surface area contributed by atoms with Crippen molar-refractivity contribution in [3.8, 4) is 17.1 Å². The summed E-state index contributed by atoms with van der Waals surface area (Å²) in [7, 11) is 0. The second-order valence-corrected chi connectivity index (χ2v) is 7.36. The lowest BCUT2D eigenvalue weighted by atomic mass is 10.1. The molecule has 0 aliphatic heterocycles. The Balaban J connectivity index is 1.32. The van der Waals surface area contributed by atoms with Crippen molar-refractivity contribution in [2.75, 3.05) is 11.9 Å². The molecule has 0 unspecified atom stereocenters. The summed E-state index contributed by atoms with van der Waals surface area (Å²) in [6.07, 6.45) is 0. The number of carbonyl (C=O) groups is 1. The number of carbonyl (C=O) groups excluding carboxylic acids is 1. The zero-order chi connectivity index (χ0) is 21.9. The van der Waals surface area contributed by atoms with Gasteiger partial charge >= 0.3 is 0 Å². The van der Waals surface area contributed by atoms with Crippen LogP contribution in [0, 0.1) is 0 Å². The highest BCUT2D eigenvalue weighted by Gasteiger charge is 2.10. The average molecular weight is 421 g/mol. The maximum atomic E-state index is 12.6. The monoisotopic (exact) mass is 421 g/mol. The molecule has 0 aliphatic carbocycles. The molecule has 5 rings (SSSR count). The smallest absolute Gasteiger partial charge is 0.262 e. The van der Waals surface area contributed by atoms with Crippen LogP contribution in [0.2, 0.25) is 0 Å². The number of fused-ring (bicyclic) bond motifs is 2. The second kappa shape index (κ2) is 8.40. The molecule has 0 saturated heterocycles. The third kappa shape index (κ3) is 3.96. The van der Waals surface area contributed by atoms with Gasteiger partial charge in [0.05, 0.1) is 5.39 Å². The van der Waals surface area contributed by atoms with Crippen LogP contribution in [0.15, 0.2) is 106 Å². The number of hydrogen-bond acceptors (Lipinski definition) is 4. The number of ether oxygens (including phenoxy) is 1. The topological polar surface area (TPSA) is 68.5 Å². The minimum Gasteiger partial charge on any atom is -0.484 e. The van der Waals surface area contributed by atoms with Gasteiger partial charge in [-0.15, -0.1) is 0 Å². The van der Waals surface area contributed by atoms with E-state index in [2.05, 4.69) is 5.32 Å². The van der Waals surface area contributed by atoms with Gasteiger partial charge in [-0.3, -0.25) is 9.59 Å². The van der Waals surface area contributed by atoms with Crippen molar-refractivity contribution in [3.63, 3.8) is 0 Å². The van der Waals surface area contributed by atoms with E-state index in [1.165, 1.54) is 6.07 Å². The van der Waals surface area contributed by atoms with E-state index < -0.39 is 0 Å². The Labute approximate surface area is 183 Å². The Morgan fingerprint density at radius 2 is 1.59 bits per heavy atom. The third-order valence-corrected chi connectivity index (χ3v) is 5.19. The summed E-state index contributed by atoms with van der Waals surface area (Å²) >= 11 is 0. The van der Waals surface area contributed by atoms with E-state index in [4.69, 9.17) is 9.15 Å². The molecule has 1 aromatic heterocycles. The van der Waals surface area contributed by atoms with Gasteiger partial charge in [0.2, 0.25) is 0 Å². The summed E-state index contributed by atoms with van der Waals surface area (Å²) in [6, 6.07) is 29.5. The molecule has 1 N–H and O–H groups in total. The minimum absolute atomic E-state index is 0.171. The van der Waals surface area contributed by atoms with Crippen LogP contribution in [-0.2, 0) is 4.79 Å². The zero-order valence-corrected chi connectivity index (χ0v) is 17.1. The van der Waals surface area contributed by atoms with E-state index >= 15 is 0 Å². The van der Waals surface area contributed by atoms with Crippen LogP contribution >= 0.6 is 0 Å². The van der Waals surface area contributed by atoms with E-state index in [0.29, 0.717) is 22.5 Å². The van der Waals surface area contributed by atoms with Crippen LogP contribution in [0.25, 0.3) is 33.1 Å². The number of benzene rings is 4. The molecule has 156 valence electrons. The highest BCUT2D eigenvalue weighted by molar-refractivity contribution is 6.02. The largest absolute Gasteiger partial charge is 0.484 e. The molecule has 1 amide bonds. The molecule has 5 nitrogen and oxygen atoms in total. The predicted octanol–water partition coefficient (Wildman–Crippen LogP) is 5.63. The third-order valence-electron chi connectivity index (χ3n) is 5.19. The molecule has 0 spiro atoms. The number of amides is 1. The van der Waals surface area contributed by atoms with Gasteiger partial charge in [-0.05, 0) is 29.7 Å². The Kier molecular flexibility index (Phi) is 5.14. The quantitative estimate of drug-likeness (QED) is 0.399. The van der Waals surface area contributed by atoms with Crippen LogP contribution in [0.3, 0.4) is 0 Å². The Morgan fingerprint density at radius 3 is 2.47 bits per heavy atom. The molecular weight excluding hydrogens is 402 g/mol. The van der Waals surface area contributed by atoms with E-state index in [9.17, 15) is 9.59 Å². The van der Waals surface area contributed by atoms with E-state index in [-0.39, 0.29) is 17.9 Å². The fourth-order valence-corrected chi connectivity index (χ4v) is 3.64. The predicted molar refractivity (Wildman–Crippen MR) is 126 cm³/mol. The summed E-state index contributed by atoms with van der Waals surface area (Å²) in [6.45, 7) is -0.178. The van der Waals surface area contributed by atoms with Gasteiger partial charge in [0, 0.05) is 22.7 Å². The molecule has 0 radical (unpaired) electrons. The minimum atomic E-state index is -0.284. The van der Waals surface area contributed by atoms with Crippen molar-refractivity contribution in [2.24, 2.45) is 0 Å². The van der Waals surface area contributed by atoms with Crippen LogP contribution < -0.4 is 15.5 Å². The normalized spacial score (nSPS) is 10.9. The van der Waals surface area contributed by atoms with Crippen LogP contribution in [-0.4, -0.2) is 12.5 Å². The van der Waals surface area contributed by atoms with Gasteiger partial charge in [-0.25, -0.2) is 0 Å². The maximum Gasteiger partial charge on any atom is 0.262 e. The first kappa shape index (κ1) is 19.6. The lowest BCUT2D eigenvalue weighted by molar-refractivity contribution is -0.118. The number of nitrogens with one attached hydrogen (secondary N) is 1. The van der Waals surface area contributed by atoms with Gasteiger partial charge in [0.25, 0.3) is 5.91 Å². The van der Waals surface area contributed by atoms with E-state index in [1.54, 1.807) is 18.2 Å². The molecule has 32 heavy (non-hydrogen) atoms. The molecule has 0 fully saturated rings. The van der Waals surface area contributed by atoms with Crippen molar-refractivity contribution in [1.29, 1.82) is 0 Å². The van der Waals surface area contributed by atoms with Crippen LogP contribution in [0.5, 0.6) is 5.75 Å². The maximum absolute atomic E-state index is 12.6. The van der Waals surface area contributed by atoms with Gasteiger partial charge in [-0.2, -0.15) is 0 Å². The molecule has 0 saturated carbocycles. The van der Waals surface area contributed by atoms with Gasteiger partial charge in [0.1, 0.15) is 17.1 Å². The van der Waals surface area contributed by atoms with E-state index in [1.807, 2.05) is 72.8 Å². The molecule has 5 aromatic rings. The van der Waals surface area contributed by atoms with Gasteiger partial charge in [-0.1, -0.05) is 66.7 Å². The van der Waals surface area contributed by atoms with Crippen LogP contribution in [0.4, 0.5) is 5.69 Å². The highest BCUT2D eigenvalue weighted by Crippen LogP contribution is 2.25. The number of hydrogen-bond donors (Lipinski definition) is 1. The summed E-state index contributed by atoms with van der Waals surface area (Å²) in [5.74, 6) is 0.643. The van der Waals surface area contributed by atoms with Crippen molar-refractivity contribution in [3.05, 3.63) is 107 Å². The highest BCUT2D eigenvalue weighted by atomic mass is 16.5. The van der Waals surface area contributed by atoms with Crippen molar-refractivity contribution >= 4 is 33.3 Å². The molecular formula is C27H19NO4. The summed E-state index contributed by atoms with van der Waals surface area (Å²) < 4.78 is 11.5. The molecule has 4 aromatic carbocycles. The summed E-state index contributed by atoms with van der Waals surface area (Å²) in [4.78, 5) is 25.1. The van der Waals surface area contributed by atoms with Gasteiger partial charge in [0.15, 0.2) is 12.0 Å². The fraction of sp³-hybridized carbons (Fsp3) is 0.0370. The summed E-state index contributed by atoms with van der Waals surface area (Å²) in [5.41, 5.74) is 1.85.